The van der Waals surface area contributed by atoms with Crippen molar-refractivity contribution in [2.45, 2.75) is 39.0 Å². The third-order valence-electron chi connectivity index (χ3n) is 8.66. The Balaban J connectivity index is 1.30. The van der Waals surface area contributed by atoms with Crippen LogP contribution < -0.4 is 0 Å². The van der Waals surface area contributed by atoms with Gasteiger partial charge in [-0.2, -0.15) is 0 Å². The molecule has 4 aromatic carbocycles. The highest BCUT2D eigenvalue weighted by Gasteiger charge is 2.38. The Bertz CT molecular complexity index is 1770. The van der Waals surface area contributed by atoms with Crippen molar-refractivity contribution in [1.82, 2.24) is 4.98 Å². The molecule has 43 heavy (non-hydrogen) atoms. The predicted octanol–water partition coefficient (Wildman–Crippen LogP) is 8.52. The van der Waals surface area contributed by atoms with E-state index in [0.29, 0.717) is 6.42 Å². The SMILES string of the molecule is Cc1ccc(CC(=O)[C@H]2C(=O)C=C(c3ccc(-c4ccccc4)cc3)C[C@@H]2c2ccc(Cc3cccnc3)cc2)cc1C. The van der Waals surface area contributed by atoms with Gasteiger partial charge in [-0.15, -0.1) is 0 Å². The smallest absolute Gasteiger partial charge is 0.167 e. The molecule has 0 spiro atoms. The number of benzene rings is 4. The second kappa shape index (κ2) is 12.5. The van der Waals surface area contributed by atoms with Crippen LogP contribution in [0.25, 0.3) is 16.7 Å². The first-order valence-electron chi connectivity index (χ1n) is 14.9. The fraction of sp³-hybridized carbons (Fsp3) is 0.175. The van der Waals surface area contributed by atoms with Crippen molar-refractivity contribution in [2.24, 2.45) is 5.92 Å². The molecule has 1 heterocycles. The molecule has 0 radical (unpaired) electrons. The van der Waals surface area contributed by atoms with Crippen molar-refractivity contribution >= 4 is 17.1 Å². The van der Waals surface area contributed by atoms with Gasteiger partial charge in [0.1, 0.15) is 5.78 Å². The maximum Gasteiger partial charge on any atom is 0.167 e. The van der Waals surface area contributed by atoms with Gasteiger partial charge in [-0.05, 0) is 94.5 Å². The number of ketones is 2. The second-order valence-corrected chi connectivity index (χ2v) is 11.6. The Morgan fingerprint density at radius 3 is 2.12 bits per heavy atom. The molecular formula is C40H35NO2. The molecular weight excluding hydrogens is 526 g/mol. The quantitative estimate of drug-likeness (QED) is 0.178. The summed E-state index contributed by atoms with van der Waals surface area (Å²) >= 11 is 0. The van der Waals surface area contributed by atoms with Gasteiger partial charge in [-0.1, -0.05) is 103 Å². The van der Waals surface area contributed by atoms with Crippen LogP contribution in [0, 0.1) is 19.8 Å². The summed E-state index contributed by atoms with van der Waals surface area (Å²) in [5.74, 6) is -1.06. The fourth-order valence-corrected chi connectivity index (χ4v) is 6.12. The van der Waals surface area contributed by atoms with E-state index in [1.54, 1.807) is 12.3 Å². The summed E-state index contributed by atoms with van der Waals surface area (Å²) in [5.41, 5.74) is 10.9. The highest BCUT2D eigenvalue weighted by molar-refractivity contribution is 6.13. The third kappa shape index (κ3) is 6.47. The minimum absolute atomic E-state index is 0.0209. The van der Waals surface area contributed by atoms with Crippen LogP contribution in [-0.2, 0) is 22.4 Å². The van der Waals surface area contributed by atoms with Gasteiger partial charge in [0.05, 0.1) is 5.92 Å². The van der Waals surface area contributed by atoms with Crippen LogP contribution in [0.3, 0.4) is 0 Å². The molecule has 6 rings (SSSR count). The van der Waals surface area contributed by atoms with Crippen molar-refractivity contribution in [3.63, 3.8) is 0 Å². The second-order valence-electron chi connectivity index (χ2n) is 11.6. The van der Waals surface area contributed by atoms with Crippen molar-refractivity contribution in [1.29, 1.82) is 0 Å². The molecule has 3 heteroatoms. The summed E-state index contributed by atoms with van der Waals surface area (Å²) in [7, 11) is 0. The zero-order chi connectivity index (χ0) is 29.8. The zero-order valence-corrected chi connectivity index (χ0v) is 24.7. The molecule has 0 saturated heterocycles. The number of hydrogen-bond acceptors (Lipinski definition) is 3. The van der Waals surface area contributed by atoms with Crippen molar-refractivity contribution in [3.8, 4) is 11.1 Å². The standard InChI is InChI=1S/C40H35NO2/c1-27-10-11-30(21-28(27)2)23-38(42)40-37(35-14-12-29(13-15-35)22-31-7-6-20-41-26-31)24-36(25-39(40)43)34-18-16-33(17-19-34)32-8-4-3-5-9-32/h3-21,25-26,37,40H,22-24H2,1-2H3/t37-,40+/m1/s1. The van der Waals surface area contributed by atoms with Crippen molar-refractivity contribution < 1.29 is 9.59 Å². The lowest BCUT2D eigenvalue weighted by atomic mass is 9.71. The average Bonchev–Trinajstić information content (AvgIpc) is 3.04. The minimum atomic E-state index is -0.710. The summed E-state index contributed by atoms with van der Waals surface area (Å²) in [6.07, 6.45) is 7.04. The maximum absolute atomic E-state index is 13.9. The average molecular weight is 562 g/mol. The topological polar surface area (TPSA) is 47.0 Å². The monoisotopic (exact) mass is 561 g/mol. The lowest BCUT2D eigenvalue weighted by Crippen LogP contribution is -2.33. The van der Waals surface area contributed by atoms with E-state index in [9.17, 15) is 9.59 Å². The minimum Gasteiger partial charge on any atom is -0.298 e. The first kappa shape index (κ1) is 28.2. The molecule has 2 atom stereocenters. The number of aromatic nitrogens is 1. The Kier molecular flexibility index (Phi) is 8.24. The summed E-state index contributed by atoms with van der Waals surface area (Å²) in [6.45, 7) is 4.13. The van der Waals surface area contributed by atoms with Gasteiger partial charge in [0.2, 0.25) is 0 Å². The first-order chi connectivity index (χ1) is 20.9. The molecule has 1 aromatic heterocycles. The molecule has 3 nitrogen and oxygen atoms in total. The number of Topliss-reactive ketones (excluding diaryl/α,β-unsaturated/α-hetero) is 1. The number of nitrogens with zero attached hydrogens (tertiary/aromatic N) is 1. The van der Waals surface area contributed by atoms with Gasteiger partial charge < -0.3 is 0 Å². The number of carbonyl (C=O) groups is 2. The van der Waals surface area contributed by atoms with E-state index in [1.807, 2.05) is 36.5 Å². The number of pyridine rings is 1. The molecule has 0 unspecified atom stereocenters. The van der Waals surface area contributed by atoms with Gasteiger partial charge in [0.15, 0.2) is 5.78 Å². The number of hydrogen-bond donors (Lipinski definition) is 0. The summed E-state index contributed by atoms with van der Waals surface area (Å²) < 4.78 is 0. The van der Waals surface area contributed by atoms with Gasteiger partial charge in [0, 0.05) is 24.7 Å². The molecule has 0 fully saturated rings. The molecule has 0 N–H and O–H groups in total. The number of rotatable bonds is 8. The van der Waals surface area contributed by atoms with Gasteiger partial charge in [-0.25, -0.2) is 0 Å². The lowest BCUT2D eigenvalue weighted by molar-refractivity contribution is -0.131. The molecule has 5 aromatic rings. The largest absolute Gasteiger partial charge is 0.298 e. The Labute approximate surface area is 254 Å². The van der Waals surface area contributed by atoms with E-state index < -0.39 is 5.92 Å². The summed E-state index contributed by atoms with van der Waals surface area (Å²) in [4.78, 5) is 31.9. The molecule has 0 saturated carbocycles. The highest BCUT2D eigenvalue weighted by Crippen LogP contribution is 2.41. The first-order valence-corrected chi connectivity index (χ1v) is 14.9. The molecule has 212 valence electrons. The summed E-state index contributed by atoms with van der Waals surface area (Å²) in [5, 5.41) is 0. The summed E-state index contributed by atoms with van der Waals surface area (Å²) in [6, 6.07) is 37.2. The predicted molar refractivity (Wildman–Crippen MR) is 174 cm³/mol. The van der Waals surface area contributed by atoms with Crippen LogP contribution in [0.4, 0.5) is 0 Å². The Hall–Kier alpha value is -4.89. The maximum atomic E-state index is 13.9. The molecule has 0 amide bonds. The molecule has 0 aliphatic heterocycles. The lowest BCUT2D eigenvalue weighted by Gasteiger charge is -2.30. The van der Waals surface area contributed by atoms with E-state index in [1.165, 1.54) is 11.1 Å². The molecule has 0 bridgehead atoms. The normalized spacial score (nSPS) is 16.5. The highest BCUT2D eigenvalue weighted by atomic mass is 16.1. The van der Waals surface area contributed by atoms with E-state index in [4.69, 9.17) is 0 Å². The zero-order valence-electron chi connectivity index (χ0n) is 24.7. The van der Waals surface area contributed by atoms with Crippen LogP contribution in [0.5, 0.6) is 0 Å². The molecule has 1 aliphatic rings. The van der Waals surface area contributed by atoms with Gasteiger partial charge >= 0.3 is 0 Å². The van der Waals surface area contributed by atoms with E-state index in [-0.39, 0.29) is 23.9 Å². The van der Waals surface area contributed by atoms with Crippen LogP contribution in [-0.4, -0.2) is 16.6 Å². The number of allylic oxidation sites excluding steroid dienone is 2. The van der Waals surface area contributed by atoms with Crippen molar-refractivity contribution in [2.75, 3.05) is 0 Å². The van der Waals surface area contributed by atoms with Gasteiger partial charge in [-0.3, -0.25) is 14.6 Å². The van der Waals surface area contributed by atoms with Crippen LogP contribution >= 0.6 is 0 Å². The Morgan fingerprint density at radius 2 is 1.42 bits per heavy atom. The van der Waals surface area contributed by atoms with E-state index >= 15 is 0 Å². The van der Waals surface area contributed by atoms with Crippen LogP contribution in [0.1, 0.15) is 51.3 Å². The van der Waals surface area contributed by atoms with E-state index in [2.05, 4.69) is 97.7 Å². The van der Waals surface area contributed by atoms with E-state index in [0.717, 1.165) is 50.9 Å². The van der Waals surface area contributed by atoms with Gasteiger partial charge in [0.25, 0.3) is 0 Å². The van der Waals surface area contributed by atoms with Crippen molar-refractivity contribution in [3.05, 3.63) is 167 Å². The Morgan fingerprint density at radius 1 is 0.721 bits per heavy atom. The van der Waals surface area contributed by atoms with Crippen LogP contribution in [0.2, 0.25) is 0 Å². The van der Waals surface area contributed by atoms with Crippen LogP contribution in [0.15, 0.2) is 128 Å². The fourth-order valence-electron chi connectivity index (χ4n) is 6.12. The third-order valence-corrected chi connectivity index (χ3v) is 8.66. The molecule has 1 aliphatic carbocycles. The number of carbonyl (C=O) groups excluding carboxylic acids is 2. The number of aryl methyl sites for hydroxylation is 2.